The molecular weight excluding hydrogens is 300 g/mol. The Balaban J connectivity index is 1.51. The molecule has 0 radical (unpaired) electrons. The van der Waals surface area contributed by atoms with E-state index in [-0.39, 0.29) is 11.9 Å². The van der Waals surface area contributed by atoms with Crippen LogP contribution in [0, 0.1) is 17.8 Å². The quantitative estimate of drug-likeness (QED) is 0.865. The van der Waals surface area contributed by atoms with Crippen LogP contribution in [0.25, 0.3) is 11.0 Å². The Labute approximate surface area is 142 Å². The fourth-order valence-corrected chi connectivity index (χ4v) is 3.97. The summed E-state index contributed by atoms with van der Waals surface area (Å²) in [5, 5.41) is 4.18. The van der Waals surface area contributed by atoms with Crippen molar-refractivity contribution >= 4 is 16.9 Å². The second-order valence-electron chi connectivity index (χ2n) is 6.89. The average Bonchev–Trinajstić information content (AvgIpc) is 2.76. The van der Waals surface area contributed by atoms with Crippen molar-refractivity contribution in [3.05, 3.63) is 35.6 Å². The molecule has 0 spiro atoms. The number of fused-ring (bicyclic) bond motifs is 5. The number of hydrogen-bond donors (Lipinski definition) is 1. The molecule has 0 aliphatic carbocycles. The summed E-state index contributed by atoms with van der Waals surface area (Å²) in [5.74, 6) is 6.65. The van der Waals surface area contributed by atoms with Crippen molar-refractivity contribution in [1.29, 1.82) is 0 Å². The molecule has 3 saturated heterocycles. The van der Waals surface area contributed by atoms with Gasteiger partial charge in [0.15, 0.2) is 0 Å². The molecule has 1 amide bonds. The standard InChI is InChI=1S/C20H22N2O2/c1-2-3-16-13-24-19-11-15(4-5-18(16)19)20(23)21-17-10-14-6-8-22(12-17)9-7-14/h4-5,11,13-14,17H,6-10,12H2,1H3,(H,21,23). The Bertz CT molecular complexity index is 805. The van der Waals surface area contributed by atoms with Gasteiger partial charge >= 0.3 is 0 Å². The summed E-state index contributed by atoms with van der Waals surface area (Å²) in [6, 6.07) is 5.85. The predicted octanol–water partition coefficient (Wildman–Crippen LogP) is 3.02. The first-order valence-corrected chi connectivity index (χ1v) is 8.70. The van der Waals surface area contributed by atoms with Crippen molar-refractivity contribution in [2.45, 2.75) is 32.2 Å². The molecule has 3 aliphatic heterocycles. The lowest BCUT2D eigenvalue weighted by atomic mass is 9.94. The monoisotopic (exact) mass is 322 g/mol. The summed E-state index contributed by atoms with van der Waals surface area (Å²) in [6.45, 7) is 5.13. The number of piperidine rings is 1. The zero-order valence-electron chi connectivity index (χ0n) is 14.0. The van der Waals surface area contributed by atoms with Gasteiger partial charge in [-0.15, -0.1) is 5.92 Å². The first-order chi connectivity index (χ1) is 11.7. The Morgan fingerprint density at radius 3 is 2.96 bits per heavy atom. The lowest BCUT2D eigenvalue weighted by Crippen LogP contribution is -2.41. The van der Waals surface area contributed by atoms with E-state index < -0.39 is 0 Å². The summed E-state index contributed by atoms with van der Waals surface area (Å²) >= 11 is 0. The fourth-order valence-electron chi connectivity index (χ4n) is 3.97. The zero-order valence-corrected chi connectivity index (χ0v) is 14.0. The van der Waals surface area contributed by atoms with E-state index in [4.69, 9.17) is 4.42 Å². The zero-order chi connectivity index (χ0) is 16.5. The lowest BCUT2D eigenvalue weighted by molar-refractivity contribution is 0.0929. The van der Waals surface area contributed by atoms with Crippen molar-refractivity contribution in [2.75, 3.05) is 19.6 Å². The highest BCUT2D eigenvalue weighted by Crippen LogP contribution is 2.27. The van der Waals surface area contributed by atoms with Crippen LogP contribution >= 0.6 is 0 Å². The Morgan fingerprint density at radius 2 is 2.17 bits per heavy atom. The maximum Gasteiger partial charge on any atom is 0.251 e. The lowest BCUT2D eigenvalue weighted by Gasteiger charge is -2.26. The minimum Gasteiger partial charge on any atom is -0.463 e. The smallest absolute Gasteiger partial charge is 0.251 e. The Morgan fingerprint density at radius 1 is 1.33 bits per heavy atom. The van der Waals surface area contributed by atoms with Crippen LogP contribution in [0.2, 0.25) is 0 Å². The van der Waals surface area contributed by atoms with Crippen LogP contribution in [0.15, 0.2) is 28.9 Å². The fraction of sp³-hybridized carbons (Fsp3) is 0.450. The van der Waals surface area contributed by atoms with E-state index in [9.17, 15) is 4.79 Å². The SMILES string of the molecule is CC#Cc1coc2cc(C(=O)NC3CC4CCN(CC4)C3)ccc12. The van der Waals surface area contributed by atoms with Crippen LogP contribution in [0.5, 0.6) is 0 Å². The number of nitrogens with one attached hydrogen (secondary N) is 1. The number of rotatable bonds is 2. The summed E-state index contributed by atoms with van der Waals surface area (Å²) in [5.41, 5.74) is 2.23. The van der Waals surface area contributed by atoms with Crippen molar-refractivity contribution in [1.82, 2.24) is 10.2 Å². The van der Waals surface area contributed by atoms with Gasteiger partial charge in [-0.05, 0) is 63.4 Å². The number of carbonyl (C=O) groups is 1. The maximum absolute atomic E-state index is 12.6. The van der Waals surface area contributed by atoms with Gasteiger partial charge in [-0.25, -0.2) is 0 Å². The van der Waals surface area contributed by atoms with Gasteiger partial charge in [0.05, 0.1) is 5.56 Å². The van der Waals surface area contributed by atoms with Crippen LogP contribution in [0.3, 0.4) is 0 Å². The molecule has 4 heterocycles. The predicted molar refractivity (Wildman–Crippen MR) is 93.8 cm³/mol. The molecule has 1 aromatic carbocycles. The molecule has 3 aliphatic rings. The van der Waals surface area contributed by atoms with E-state index in [0.29, 0.717) is 11.1 Å². The van der Waals surface area contributed by atoms with E-state index in [1.165, 1.54) is 25.9 Å². The molecular formula is C20H22N2O2. The van der Waals surface area contributed by atoms with Gasteiger partial charge in [0.2, 0.25) is 0 Å². The maximum atomic E-state index is 12.6. The van der Waals surface area contributed by atoms with Crippen molar-refractivity contribution in [3.63, 3.8) is 0 Å². The molecule has 1 aromatic heterocycles. The second kappa shape index (κ2) is 6.33. The minimum atomic E-state index is -0.0103. The van der Waals surface area contributed by atoms with Crippen LogP contribution in [0.4, 0.5) is 0 Å². The molecule has 2 bridgehead atoms. The minimum absolute atomic E-state index is 0.0103. The van der Waals surface area contributed by atoms with Crippen LogP contribution in [0.1, 0.15) is 42.1 Å². The van der Waals surface area contributed by atoms with Crippen molar-refractivity contribution in [3.8, 4) is 11.8 Å². The average molecular weight is 322 g/mol. The molecule has 3 fully saturated rings. The van der Waals surface area contributed by atoms with Gasteiger partial charge in [-0.2, -0.15) is 0 Å². The van der Waals surface area contributed by atoms with E-state index in [1.54, 1.807) is 13.2 Å². The second-order valence-corrected chi connectivity index (χ2v) is 6.89. The molecule has 1 N–H and O–H groups in total. The van der Waals surface area contributed by atoms with Crippen molar-refractivity contribution < 1.29 is 9.21 Å². The first kappa shape index (κ1) is 15.3. The van der Waals surface area contributed by atoms with Gasteiger partial charge in [0.1, 0.15) is 11.8 Å². The Kier molecular flexibility index (Phi) is 4.03. The largest absolute Gasteiger partial charge is 0.463 e. The van der Waals surface area contributed by atoms with E-state index >= 15 is 0 Å². The van der Waals surface area contributed by atoms with Gasteiger partial charge < -0.3 is 14.6 Å². The number of carbonyl (C=O) groups excluding carboxylic acids is 1. The topological polar surface area (TPSA) is 45.5 Å². The summed E-state index contributed by atoms with van der Waals surface area (Å²) < 4.78 is 5.56. The molecule has 1 atom stereocenters. The molecule has 4 heteroatoms. The molecule has 0 saturated carbocycles. The van der Waals surface area contributed by atoms with E-state index in [1.807, 2.05) is 18.2 Å². The Hall–Kier alpha value is -2.25. The molecule has 124 valence electrons. The first-order valence-electron chi connectivity index (χ1n) is 8.70. The molecule has 2 aromatic rings. The molecule has 4 nitrogen and oxygen atoms in total. The number of nitrogens with zero attached hydrogens (tertiary/aromatic N) is 1. The molecule has 5 rings (SSSR count). The number of hydrogen-bond acceptors (Lipinski definition) is 3. The summed E-state index contributed by atoms with van der Waals surface area (Å²) in [4.78, 5) is 15.1. The van der Waals surface area contributed by atoms with Crippen LogP contribution in [-0.4, -0.2) is 36.5 Å². The normalized spacial score (nSPS) is 25.8. The number of furan rings is 1. The highest BCUT2D eigenvalue weighted by atomic mass is 16.3. The van der Waals surface area contributed by atoms with Gasteiger partial charge in [-0.1, -0.05) is 5.92 Å². The third-order valence-corrected chi connectivity index (χ3v) is 5.24. The summed E-state index contributed by atoms with van der Waals surface area (Å²) in [6.07, 6.45) is 5.29. The van der Waals surface area contributed by atoms with Gasteiger partial charge in [0.25, 0.3) is 5.91 Å². The van der Waals surface area contributed by atoms with Crippen LogP contribution in [-0.2, 0) is 0 Å². The van der Waals surface area contributed by atoms with Gasteiger partial charge in [-0.3, -0.25) is 4.79 Å². The third kappa shape index (κ3) is 2.92. The van der Waals surface area contributed by atoms with Crippen LogP contribution < -0.4 is 5.32 Å². The van der Waals surface area contributed by atoms with E-state index in [0.717, 1.165) is 29.8 Å². The van der Waals surface area contributed by atoms with Crippen molar-refractivity contribution in [2.24, 2.45) is 5.92 Å². The van der Waals surface area contributed by atoms with Gasteiger partial charge in [0, 0.05) is 23.5 Å². The van der Waals surface area contributed by atoms with E-state index in [2.05, 4.69) is 22.1 Å². The third-order valence-electron chi connectivity index (χ3n) is 5.24. The molecule has 1 unspecified atom stereocenters. The molecule has 24 heavy (non-hydrogen) atoms. The number of amides is 1. The summed E-state index contributed by atoms with van der Waals surface area (Å²) in [7, 11) is 0. The highest BCUT2D eigenvalue weighted by molar-refractivity contribution is 5.98. The highest BCUT2D eigenvalue weighted by Gasteiger charge is 2.30. The number of benzene rings is 1.